The molecule has 0 aromatic heterocycles. The Morgan fingerprint density at radius 1 is 0.850 bits per heavy atom. The van der Waals surface area contributed by atoms with E-state index in [0.29, 0.717) is 5.56 Å². The molecule has 2 aromatic rings. The molecular formula is C14H11F5O. The van der Waals surface area contributed by atoms with Gasteiger partial charge in [0.1, 0.15) is 17.4 Å². The van der Waals surface area contributed by atoms with Crippen LogP contribution in [-0.4, -0.2) is 6.36 Å². The van der Waals surface area contributed by atoms with E-state index in [1.54, 1.807) is 19.1 Å². The van der Waals surface area contributed by atoms with Gasteiger partial charge in [0.05, 0.1) is 0 Å². The van der Waals surface area contributed by atoms with Crippen molar-refractivity contribution in [1.29, 1.82) is 0 Å². The summed E-state index contributed by atoms with van der Waals surface area (Å²) in [6.07, 6.45) is -4.72. The van der Waals surface area contributed by atoms with E-state index in [0.717, 1.165) is 24.3 Å². The zero-order chi connectivity index (χ0) is 15.2. The Hall–Kier alpha value is -2.11. The lowest BCUT2D eigenvalue weighted by Crippen LogP contribution is -2.16. The molecule has 0 aliphatic heterocycles. The first-order chi connectivity index (χ1) is 9.28. The molecule has 20 heavy (non-hydrogen) atoms. The average molecular weight is 290 g/mol. The molecule has 0 amide bonds. The Kier molecular flexibility index (Phi) is 5.49. The van der Waals surface area contributed by atoms with Crippen LogP contribution in [0.25, 0.3) is 0 Å². The summed E-state index contributed by atoms with van der Waals surface area (Å²) in [4.78, 5) is 0. The average Bonchev–Trinajstić information content (AvgIpc) is 2.35. The van der Waals surface area contributed by atoms with E-state index in [4.69, 9.17) is 0 Å². The molecule has 0 saturated heterocycles. The minimum absolute atomic E-state index is 0.132. The standard InChI is InChI=1S/C7H4F4O.C7H7F/c8-5-1-3-6(4-2-5)12-7(9,10)11;1-6-4-2-3-5-7(6)8/h1-4H;2-5H,1H3. The van der Waals surface area contributed by atoms with Crippen molar-refractivity contribution >= 4 is 0 Å². The smallest absolute Gasteiger partial charge is 0.406 e. The van der Waals surface area contributed by atoms with Gasteiger partial charge in [0, 0.05) is 0 Å². The van der Waals surface area contributed by atoms with Gasteiger partial charge in [0.15, 0.2) is 0 Å². The van der Waals surface area contributed by atoms with Crippen molar-refractivity contribution in [3.8, 4) is 5.75 Å². The van der Waals surface area contributed by atoms with E-state index in [9.17, 15) is 22.0 Å². The molecule has 2 rings (SSSR count). The summed E-state index contributed by atoms with van der Waals surface area (Å²) in [6, 6.07) is 10.3. The van der Waals surface area contributed by atoms with E-state index in [1.165, 1.54) is 6.07 Å². The number of hydrogen-bond acceptors (Lipinski definition) is 1. The Balaban J connectivity index is 0.000000217. The van der Waals surface area contributed by atoms with Gasteiger partial charge in [-0.25, -0.2) is 8.78 Å². The number of rotatable bonds is 1. The van der Waals surface area contributed by atoms with Gasteiger partial charge in [-0.15, -0.1) is 13.2 Å². The summed E-state index contributed by atoms with van der Waals surface area (Å²) in [5.74, 6) is -1.17. The highest BCUT2D eigenvalue weighted by Gasteiger charge is 2.30. The number of hydrogen-bond donors (Lipinski definition) is 0. The van der Waals surface area contributed by atoms with Crippen LogP contribution in [0.15, 0.2) is 48.5 Å². The number of benzene rings is 2. The van der Waals surface area contributed by atoms with Crippen molar-refractivity contribution in [2.24, 2.45) is 0 Å². The molecule has 0 aliphatic carbocycles. The van der Waals surface area contributed by atoms with Crippen LogP contribution in [0.4, 0.5) is 22.0 Å². The quantitative estimate of drug-likeness (QED) is 0.682. The maximum absolute atomic E-state index is 12.3. The molecule has 0 atom stereocenters. The van der Waals surface area contributed by atoms with E-state index < -0.39 is 17.9 Å². The van der Waals surface area contributed by atoms with Crippen molar-refractivity contribution in [2.75, 3.05) is 0 Å². The third kappa shape index (κ3) is 6.17. The molecule has 0 fully saturated rings. The zero-order valence-corrected chi connectivity index (χ0v) is 10.4. The van der Waals surface area contributed by atoms with Gasteiger partial charge < -0.3 is 4.74 Å². The maximum atomic E-state index is 12.3. The summed E-state index contributed by atoms with van der Waals surface area (Å²) in [7, 11) is 0. The van der Waals surface area contributed by atoms with Crippen molar-refractivity contribution in [3.05, 3.63) is 65.7 Å². The molecule has 0 unspecified atom stereocenters. The molecule has 0 heterocycles. The number of ether oxygens (including phenoxy) is 1. The highest BCUT2D eigenvalue weighted by Crippen LogP contribution is 2.22. The number of alkyl halides is 3. The van der Waals surface area contributed by atoms with Gasteiger partial charge in [-0.3, -0.25) is 0 Å². The monoisotopic (exact) mass is 290 g/mol. The Bertz CT molecular complexity index is 513. The lowest BCUT2D eigenvalue weighted by Gasteiger charge is -2.07. The van der Waals surface area contributed by atoms with Crippen molar-refractivity contribution < 1.29 is 26.7 Å². The Morgan fingerprint density at radius 3 is 1.80 bits per heavy atom. The Morgan fingerprint density at radius 2 is 1.40 bits per heavy atom. The van der Waals surface area contributed by atoms with Gasteiger partial charge in [0.25, 0.3) is 0 Å². The number of halogens is 5. The third-order valence-electron chi connectivity index (χ3n) is 2.12. The fourth-order valence-corrected chi connectivity index (χ4v) is 1.19. The predicted molar refractivity (Wildman–Crippen MR) is 64.2 cm³/mol. The fraction of sp³-hybridized carbons (Fsp3) is 0.143. The molecule has 1 nitrogen and oxygen atoms in total. The molecular weight excluding hydrogens is 279 g/mol. The minimum atomic E-state index is -4.72. The first kappa shape index (κ1) is 15.9. The lowest BCUT2D eigenvalue weighted by molar-refractivity contribution is -0.274. The second-order valence-electron chi connectivity index (χ2n) is 3.75. The summed E-state index contributed by atoms with van der Waals surface area (Å²) in [5, 5.41) is 0. The molecule has 0 radical (unpaired) electrons. The molecule has 0 saturated carbocycles. The molecule has 6 heteroatoms. The van der Waals surface area contributed by atoms with Crippen LogP contribution in [0.2, 0.25) is 0 Å². The van der Waals surface area contributed by atoms with E-state index >= 15 is 0 Å². The van der Waals surface area contributed by atoms with Gasteiger partial charge in [-0.1, -0.05) is 18.2 Å². The third-order valence-corrected chi connectivity index (χ3v) is 2.12. The topological polar surface area (TPSA) is 9.23 Å². The summed E-state index contributed by atoms with van der Waals surface area (Å²) in [6.45, 7) is 1.75. The molecule has 0 aliphatic rings. The summed E-state index contributed by atoms with van der Waals surface area (Å²) < 4.78 is 62.6. The van der Waals surface area contributed by atoms with Crippen LogP contribution in [0, 0.1) is 18.6 Å². The summed E-state index contributed by atoms with van der Waals surface area (Å²) in [5.41, 5.74) is 0.701. The second-order valence-corrected chi connectivity index (χ2v) is 3.75. The highest BCUT2D eigenvalue weighted by molar-refractivity contribution is 5.22. The van der Waals surface area contributed by atoms with Crippen LogP contribution in [0.5, 0.6) is 5.75 Å². The molecule has 0 bridgehead atoms. The second kappa shape index (κ2) is 6.88. The van der Waals surface area contributed by atoms with Crippen molar-refractivity contribution in [3.63, 3.8) is 0 Å². The van der Waals surface area contributed by atoms with Gasteiger partial charge in [-0.05, 0) is 42.8 Å². The lowest BCUT2D eigenvalue weighted by atomic mass is 10.2. The maximum Gasteiger partial charge on any atom is 0.573 e. The van der Waals surface area contributed by atoms with Crippen molar-refractivity contribution in [1.82, 2.24) is 0 Å². The molecule has 108 valence electrons. The first-order valence-electron chi connectivity index (χ1n) is 5.50. The number of aryl methyl sites for hydroxylation is 1. The zero-order valence-electron chi connectivity index (χ0n) is 10.4. The van der Waals surface area contributed by atoms with Crippen LogP contribution >= 0.6 is 0 Å². The summed E-state index contributed by atoms with van der Waals surface area (Å²) >= 11 is 0. The first-order valence-corrected chi connectivity index (χ1v) is 5.50. The predicted octanol–water partition coefficient (Wildman–Crippen LogP) is 4.86. The van der Waals surface area contributed by atoms with Gasteiger partial charge in [0.2, 0.25) is 0 Å². The Labute approximate surface area is 112 Å². The largest absolute Gasteiger partial charge is 0.573 e. The fourth-order valence-electron chi connectivity index (χ4n) is 1.19. The van der Waals surface area contributed by atoms with Crippen molar-refractivity contribution in [2.45, 2.75) is 13.3 Å². The van der Waals surface area contributed by atoms with Crippen LogP contribution in [0.3, 0.4) is 0 Å². The van der Waals surface area contributed by atoms with Gasteiger partial charge >= 0.3 is 6.36 Å². The normalized spacial score (nSPS) is 10.5. The molecule has 0 N–H and O–H groups in total. The van der Waals surface area contributed by atoms with Crippen LogP contribution in [-0.2, 0) is 0 Å². The van der Waals surface area contributed by atoms with Crippen LogP contribution < -0.4 is 4.74 Å². The molecule has 0 spiro atoms. The van der Waals surface area contributed by atoms with Crippen LogP contribution in [0.1, 0.15) is 5.56 Å². The van der Waals surface area contributed by atoms with E-state index in [1.807, 2.05) is 6.07 Å². The van der Waals surface area contributed by atoms with E-state index in [-0.39, 0.29) is 5.82 Å². The minimum Gasteiger partial charge on any atom is -0.406 e. The van der Waals surface area contributed by atoms with Gasteiger partial charge in [-0.2, -0.15) is 0 Å². The SMILES string of the molecule is Cc1ccccc1F.Fc1ccc(OC(F)(F)F)cc1. The highest BCUT2D eigenvalue weighted by atomic mass is 19.4. The van der Waals surface area contributed by atoms with E-state index in [2.05, 4.69) is 4.74 Å². The molecule has 2 aromatic carbocycles.